The lowest BCUT2D eigenvalue weighted by Gasteiger charge is -2.17. The van der Waals surface area contributed by atoms with Crippen LogP contribution in [-0.4, -0.2) is 12.2 Å². The number of rotatable bonds is 7. The average molecular weight is 379 g/mol. The molecular weight excluding hydrogens is 359 g/mol. The molecule has 0 aliphatic heterocycles. The Hall–Kier alpha value is -2.83. The predicted octanol–water partition coefficient (Wildman–Crippen LogP) is 5.01. The van der Waals surface area contributed by atoms with Crippen molar-refractivity contribution in [3.8, 4) is 5.75 Å². The smallest absolute Gasteiger partial charge is 0.419 e. The molecule has 0 aromatic heterocycles. The van der Waals surface area contributed by atoms with E-state index < -0.39 is 11.7 Å². The average Bonchev–Trinajstić information content (AvgIpc) is 2.65. The lowest BCUT2D eigenvalue weighted by Crippen LogP contribution is -2.14. The van der Waals surface area contributed by atoms with Crippen LogP contribution in [0.25, 0.3) is 0 Å². The minimum absolute atomic E-state index is 0.225. The molecule has 0 atom stereocenters. The van der Waals surface area contributed by atoms with E-state index in [4.69, 9.17) is 4.74 Å². The summed E-state index contributed by atoms with van der Waals surface area (Å²) >= 11 is 0. The third-order valence-electron chi connectivity index (χ3n) is 4.06. The van der Waals surface area contributed by atoms with Crippen LogP contribution in [0.5, 0.6) is 5.75 Å². The molecule has 0 aliphatic carbocycles. The molecule has 2 aromatic carbocycles. The van der Waals surface area contributed by atoms with E-state index in [1.807, 2.05) is 0 Å². The third-order valence-corrected chi connectivity index (χ3v) is 4.06. The minimum Gasteiger partial charge on any atom is -0.488 e. The van der Waals surface area contributed by atoms with Gasteiger partial charge in [0.1, 0.15) is 12.4 Å². The van der Waals surface area contributed by atoms with Gasteiger partial charge >= 0.3 is 6.18 Å². The molecule has 0 radical (unpaired) electrons. The Morgan fingerprint density at radius 2 is 1.93 bits per heavy atom. The molecular formula is C20H20F3NO3. The lowest BCUT2D eigenvalue weighted by atomic mass is 10.1. The van der Waals surface area contributed by atoms with E-state index in [1.165, 1.54) is 12.1 Å². The highest BCUT2D eigenvalue weighted by Crippen LogP contribution is 2.37. The fourth-order valence-electron chi connectivity index (χ4n) is 2.53. The Labute approximate surface area is 155 Å². The maximum absolute atomic E-state index is 13.3. The van der Waals surface area contributed by atoms with E-state index in [9.17, 15) is 22.8 Å². The van der Waals surface area contributed by atoms with E-state index in [1.54, 1.807) is 32.0 Å². The van der Waals surface area contributed by atoms with E-state index in [0.717, 1.165) is 6.07 Å². The van der Waals surface area contributed by atoms with Crippen molar-refractivity contribution in [3.63, 3.8) is 0 Å². The zero-order chi connectivity index (χ0) is 20.0. The fourth-order valence-corrected chi connectivity index (χ4v) is 2.53. The fraction of sp³-hybridized carbons (Fsp3) is 0.300. The Morgan fingerprint density at radius 1 is 1.19 bits per heavy atom. The number of nitrogens with one attached hydrogen (secondary N) is 1. The van der Waals surface area contributed by atoms with Gasteiger partial charge in [-0.15, -0.1) is 0 Å². The summed E-state index contributed by atoms with van der Waals surface area (Å²) in [4.78, 5) is 23.0. The second-order valence-corrected chi connectivity index (χ2v) is 5.86. The van der Waals surface area contributed by atoms with Crippen LogP contribution in [0, 0.1) is 0 Å². The van der Waals surface area contributed by atoms with E-state index in [2.05, 4.69) is 5.32 Å². The van der Waals surface area contributed by atoms with Crippen molar-refractivity contribution in [2.75, 3.05) is 5.32 Å². The van der Waals surface area contributed by atoms with Crippen molar-refractivity contribution in [3.05, 3.63) is 58.7 Å². The van der Waals surface area contributed by atoms with Gasteiger partial charge in [0, 0.05) is 23.2 Å². The van der Waals surface area contributed by atoms with Gasteiger partial charge in [-0.25, -0.2) is 0 Å². The maximum atomic E-state index is 13.3. The molecule has 1 amide bonds. The summed E-state index contributed by atoms with van der Waals surface area (Å²) in [6.45, 7) is 3.14. The van der Waals surface area contributed by atoms with Gasteiger partial charge < -0.3 is 10.1 Å². The number of hydrogen-bond acceptors (Lipinski definition) is 3. The van der Waals surface area contributed by atoms with Crippen LogP contribution in [0.3, 0.4) is 0 Å². The Morgan fingerprint density at radius 3 is 2.52 bits per heavy atom. The number of amides is 1. The van der Waals surface area contributed by atoms with Gasteiger partial charge in [0.2, 0.25) is 5.91 Å². The summed E-state index contributed by atoms with van der Waals surface area (Å²) < 4.78 is 45.4. The van der Waals surface area contributed by atoms with Crippen LogP contribution < -0.4 is 10.1 Å². The minimum atomic E-state index is -4.57. The number of benzene rings is 2. The summed E-state index contributed by atoms with van der Waals surface area (Å²) in [5.41, 5.74) is 0.568. The van der Waals surface area contributed by atoms with Crippen LogP contribution in [0.2, 0.25) is 0 Å². The molecule has 7 heteroatoms. The molecule has 4 nitrogen and oxygen atoms in total. The molecule has 0 saturated heterocycles. The van der Waals surface area contributed by atoms with Gasteiger partial charge in [0.15, 0.2) is 6.29 Å². The van der Waals surface area contributed by atoms with Gasteiger partial charge in [-0.2, -0.15) is 13.2 Å². The van der Waals surface area contributed by atoms with Crippen molar-refractivity contribution >= 4 is 17.9 Å². The quantitative estimate of drug-likeness (QED) is 0.688. The SMILES string of the molecule is CCC(=O)Nc1cccc(C=O)c1COc1ccc(CC)cc1C(F)(F)F. The van der Waals surface area contributed by atoms with Crippen molar-refractivity contribution in [2.24, 2.45) is 0 Å². The molecule has 27 heavy (non-hydrogen) atoms. The molecule has 0 fully saturated rings. The molecule has 0 aliphatic rings. The number of hydrogen-bond donors (Lipinski definition) is 1. The van der Waals surface area contributed by atoms with Crippen LogP contribution in [0.4, 0.5) is 18.9 Å². The van der Waals surface area contributed by atoms with Gasteiger partial charge in [-0.3, -0.25) is 9.59 Å². The first kappa shape index (κ1) is 20.5. The Balaban J connectivity index is 2.36. The van der Waals surface area contributed by atoms with Crippen LogP contribution in [0.15, 0.2) is 36.4 Å². The first-order valence-electron chi connectivity index (χ1n) is 8.50. The summed E-state index contributed by atoms with van der Waals surface area (Å²) in [5, 5.41) is 2.63. The van der Waals surface area contributed by atoms with Crippen LogP contribution in [0.1, 0.15) is 47.3 Å². The molecule has 144 valence electrons. The van der Waals surface area contributed by atoms with Gasteiger partial charge in [-0.05, 0) is 30.2 Å². The normalized spacial score (nSPS) is 11.1. The Bertz CT molecular complexity index is 832. The highest BCUT2D eigenvalue weighted by molar-refractivity contribution is 5.93. The summed E-state index contributed by atoms with van der Waals surface area (Å²) in [6, 6.07) is 8.56. The van der Waals surface area contributed by atoms with Gasteiger partial charge in [-0.1, -0.05) is 32.0 Å². The number of alkyl halides is 3. The first-order valence-corrected chi connectivity index (χ1v) is 8.50. The molecule has 0 unspecified atom stereocenters. The number of aryl methyl sites for hydroxylation is 1. The van der Waals surface area contributed by atoms with Crippen LogP contribution in [-0.2, 0) is 24.0 Å². The van der Waals surface area contributed by atoms with E-state index in [0.29, 0.717) is 29.5 Å². The van der Waals surface area contributed by atoms with Gasteiger partial charge in [0.05, 0.1) is 5.56 Å². The second-order valence-electron chi connectivity index (χ2n) is 5.86. The molecule has 0 spiro atoms. The van der Waals surface area contributed by atoms with Crippen molar-refractivity contribution < 1.29 is 27.5 Å². The van der Waals surface area contributed by atoms with E-state index >= 15 is 0 Å². The molecule has 0 bridgehead atoms. The zero-order valence-corrected chi connectivity index (χ0v) is 15.0. The molecule has 2 rings (SSSR count). The predicted molar refractivity (Wildman–Crippen MR) is 95.9 cm³/mol. The lowest BCUT2D eigenvalue weighted by molar-refractivity contribution is -0.139. The Kier molecular flexibility index (Phi) is 6.60. The summed E-state index contributed by atoms with van der Waals surface area (Å²) in [5.74, 6) is -0.601. The summed E-state index contributed by atoms with van der Waals surface area (Å²) in [6.07, 6.45) is -3.30. The maximum Gasteiger partial charge on any atom is 0.419 e. The number of anilines is 1. The highest BCUT2D eigenvalue weighted by Gasteiger charge is 2.34. The number of carbonyl (C=O) groups excluding carboxylic acids is 2. The summed E-state index contributed by atoms with van der Waals surface area (Å²) in [7, 11) is 0. The number of halogens is 3. The standard InChI is InChI=1S/C20H20F3NO3/c1-3-13-8-9-18(16(10-13)20(21,22)23)27-12-15-14(11-25)6-5-7-17(15)24-19(26)4-2/h5-11H,3-4,12H2,1-2H3,(H,24,26). The van der Waals surface area contributed by atoms with Gasteiger partial charge in [0.25, 0.3) is 0 Å². The topological polar surface area (TPSA) is 55.4 Å². The van der Waals surface area contributed by atoms with Crippen LogP contribution >= 0.6 is 0 Å². The number of aldehydes is 1. The zero-order valence-electron chi connectivity index (χ0n) is 15.0. The molecule has 1 N–H and O–H groups in total. The molecule has 2 aromatic rings. The molecule has 0 heterocycles. The number of carbonyl (C=O) groups is 2. The van der Waals surface area contributed by atoms with Crippen molar-refractivity contribution in [1.29, 1.82) is 0 Å². The molecule has 0 saturated carbocycles. The van der Waals surface area contributed by atoms with E-state index in [-0.39, 0.29) is 30.2 Å². The first-order chi connectivity index (χ1) is 12.8. The van der Waals surface area contributed by atoms with Crippen molar-refractivity contribution in [1.82, 2.24) is 0 Å². The largest absolute Gasteiger partial charge is 0.488 e. The second kappa shape index (κ2) is 8.70. The van der Waals surface area contributed by atoms with Crippen molar-refractivity contribution in [2.45, 2.75) is 39.5 Å². The monoisotopic (exact) mass is 379 g/mol. The number of ether oxygens (including phenoxy) is 1. The third kappa shape index (κ3) is 5.09. The highest BCUT2D eigenvalue weighted by atomic mass is 19.4.